The lowest BCUT2D eigenvalue weighted by molar-refractivity contribution is 0.0480. The largest absolute Gasteiger partial charge is 0.494 e. The molecule has 2 aromatic heterocycles. The summed E-state index contributed by atoms with van der Waals surface area (Å²) < 4.78 is 1.81. The van der Waals surface area contributed by atoms with Crippen LogP contribution in [0.25, 0.3) is 0 Å². The number of piperazine rings is 1. The van der Waals surface area contributed by atoms with E-state index in [1.165, 1.54) is 25.7 Å². The Balaban J connectivity index is 1.03. The molecule has 3 fully saturated rings. The van der Waals surface area contributed by atoms with E-state index in [-0.39, 0.29) is 0 Å². The van der Waals surface area contributed by atoms with Gasteiger partial charge in [-0.1, -0.05) is 0 Å². The predicted molar refractivity (Wildman–Crippen MR) is 119 cm³/mol. The van der Waals surface area contributed by atoms with Crippen LogP contribution in [-0.2, 0) is 6.54 Å². The summed E-state index contributed by atoms with van der Waals surface area (Å²) in [5.41, 5.74) is 2.21. The highest BCUT2D eigenvalue weighted by Crippen LogP contribution is 2.66. The van der Waals surface area contributed by atoms with Crippen LogP contribution in [0, 0.1) is 11.8 Å². The van der Waals surface area contributed by atoms with E-state index in [1.54, 1.807) is 12.4 Å². The summed E-state index contributed by atoms with van der Waals surface area (Å²) in [5, 5.41) is 21.9. The van der Waals surface area contributed by atoms with Gasteiger partial charge in [0.1, 0.15) is 0 Å². The van der Waals surface area contributed by atoms with Crippen LogP contribution < -0.4 is 4.90 Å². The SMILES string of the molecule is Oc1c2c(c(O)n1CCCCN1CCN(c3ncccn3)CC1)C1CCC2C2CCC12. The Morgan fingerprint density at radius 3 is 1.94 bits per heavy atom. The van der Waals surface area contributed by atoms with Crippen molar-refractivity contribution in [3.8, 4) is 11.8 Å². The Morgan fingerprint density at radius 2 is 1.35 bits per heavy atom. The first kappa shape index (κ1) is 19.4. The molecule has 31 heavy (non-hydrogen) atoms. The average Bonchev–Trinajstić information content (AvgIpc) is 3.04. The fraction of sp³-hybridized carbons (Fsp3) is 0.667. The molecule has 1 aliphatic heterocycles. The third-order valence-electron chi connectivity index (χ3n) is 8.54. The highest BCUT2D eigenvalue weighted by molar-refractivity contribution is 5.54. The van der Waals surface area contributed by atoms with E-state index in [1.807, 2.05) is 10.6 Å². The molecule has 7 nitrogen and oxygen atoms in total. The number of unbranched alkanes of at least 4 members (excludes halogenated alkanes) is 1. The van der Waals surface area contributed by atoms with Crippen molar-refractivity contribution in [2.24, 2.45) is 11.8 Å². The van der Waals surface area contributed by atoms with E-state index in [2.05, 4.69) is 19.8 Å². The van der Waals surface area contributed by atoms with E-state index in [9.17, 15) is 10.2 Å². The second-order valence-corrected chi connectivity index (χ2v) is 9.91. The number of aromatic nitrogens is 3. The molecule has 4 aliphatic carbocycles. The first-order chi connectivity index (χ1) is 15.2. The zero-order valence-corrected chi connectivity index (χ0v) is 18.2. The van der Waals surface area contributed by atoms with Crippen LogP contribution in [-0.4, -0.2) is 62.4 Å². The van der Waals surface area contributed by atoms with Gasteiger partial charge in [-0.3, -0.25) is 9.47 Å². The number of aromatic hydroxyl groups is 2. The Kier molecular flexibility index (Phi) is 4.82. The molecule has 7 rings (SSSR count). The van der Waals surface area contributed by atoms with Crippen LogP contribution in [0.5, 0.6) is 11.8 Å². The van der Waals surface area contributed by atoms with Gasteiger partial charge in [0.2, 0.25) is 5.95 Å². The number of fused-ring (bicyclic) bond motifs is 1. The normalized spacial score (nSPS) is 29.5. The Labute approximate surface area is 183 Å². The van der Waals surface area contributed by atoms with Crippen molar-refractivity contribution in [1.29, 1.82) is 0 Å². The standard InChI is InChI=1S/C24H33N5O2/c30-22-20-18-6-7-19(17-5-4-16(17)18)21(20)23(31)29(22)11-2-1-10-27-12-14-28(15-13-27)24-25-8-3-9-26-24/h3,8-9,16-19,30-31H,1-2,4-7,10-15H2. The minimum atomic E-state index is 0.365. The molecule has 2 aromatic rings. The summed E-state index contributed by atoms with van der Waals surface area (Å²) in [5.74, 6) is 4.03. The minimum Gasteiger partial charge on any atom is -0.494 e. The maximum atomic E-state index is 11.0. The van der Waals surface area contributed by atoms with E-state index in [0.717, 1.165) is 74.5 Å². The van der Waals surface area contributed by atoms with E-state index in [0.29, 0.717) is 30.1 Å². The van der Waals surface area contributed by atoms with Gasteiger partial charge in [0.25, 0.3) is 0 Å². The predicted octanol–water partition coefficient (Wildman–Crippen LogP) is 3.29. The van der Waals surface area contributed by atoms with E-state index >= 15 is 0 Å². The molecule has 0 spiro atoms. The molecule has 0 amide bonds. The highest BCUT2D eigenvalue weighted by Gasteiger charge is 2.54. The Bertz CT molecular complexity index is 896. The molecule has 2 N–H and O–H groups in total. The molecule has 7 heteroatoms. The lowest BCUT2D eigenvalue weighted by Gasteiger charge is -2.54. The average molecular weight is 424 g/mol. The maximum Gasteiger partial charge on any atom is 0.225 e. The summed E-state index contributed by atoms with van der Waals surface area (Å²) in [6, 6.07) is 1.85. The molecule has 2 bridgehead atoms. The van der Waals surface area contributed by atoms with Crippen molar-refractivity contribution in [3.05, 3.63) is 29.6 Å². The first-order valence-electron chi connectivity index (χ1n) is 12.1. The smallest absolute Gasteiger partial charge is 0.225 e. The van der Waals surface area contributed by atoms with Gasteiger partial charge in [-0.15, -0.1) is 0 Å². The quantitative estimate of drug-likeness (QED) is 0.695. The lowest BCUT2D eigenvalue weighted by atomic mass is 9.49. The number of nitrogens with zero attached hydrogens (tertiary/aromatic N) is 5. The third-order valence-corrected chi connectivity index (χ3v) is 8.54. The number of hydrogen-bond donors (Lipinski definition) is 2. The molecule has 166 valence electrons. The summed E-state index contributed by atoms with van der Waals surface area (Å²) >= 11 is 0. The minimum absolute atomic E-state index is 0.365. The van der Waals surface area contributed by atoms with Crippen molar-refractivity contribution in [1.82, 2.24) is 19.4 Å². The van der Waals surface area contributed by atoms with Crippen LogP contribution in [0.4, 0.5) is 5.95 Å². The molecule has 1 saturated heterocycles. The van der Waals surface area contributed by atoms with Crippen LogP contribution in [0.3, 0.4) is 0 Å². The van der Waals surface area contributed by atoms with Crippen LogP contribution in [0.1, 0.15) is 61.5 Å². The van der Waals surface area contributed by atoms with E-state index < -0.39 is 0 Å². The van der Waals surface area contributed by atoms with Crippen molar-refractivity contribution in [2.45, 2.75) is 56.9 Å². The number of rotatable bonds is 6. The van der Waals surface area contributed by atoms with Gasteiger partial charge in [0, 0.05) is 56.2 Å². The topological polar surface area (TPSA) is 77.7 Å². The van der Waals surface area contributed by atoms with Gasteiger partial charge < -0.3 is 15.1 Å². The zero-order valence-electron chi connectivity index (χ0n) is 18.2. The van der Waals surface area contributed by atoms with Crippen molar-refractivity contribution < 1.29 is 10.2 Å². The molecule has 0 radical (unpaired) electrons. The van der Waals surface area contributed by atoms with Gasteiger partial charge >= 0.3 is 0 Å². The highest BCUT2D eigenvalue weighted by atomic mass is 16.3. The van der Waals surface area contributed by atoms with Crippen LogP contribution in [0.2, 0.25) is 0 Å². The fourth-order valence-electron chi connectivity index (χ4n) is 6.86. The molecular formula is C24H33N5O2. The lowest BCUT2D eigenvalue weighted by Crippen LogP contribution is -2.47. The molecule has 2 saturated carbocycles. The monoisotopic (exact) mass is 423 g/mol. The van der Waals surface area contributed by atoms with Gasteiger partial charge in [-0.05, 0) is 74.8 Å². The Hall–Kier alpha value is -2.28. The van der Waals surface area contributed by atoms with Gasteiger partial charge in [-0.25, -0.2) is 9.97 Å². The van der Waals surface area contributed by atoms with Crippen LogP contribution >= 0.6 is 0 Å². The number of anilines is 1. The van der Waals surface area contributed by atoms with Gasteiger partial charge in [0.05, 0.1) is 0 Å². The van der Waals surface area contributed by atoms with Gasteiger partial charge in [-0.2, -0.15) is 0 Å². The molecule has 0 aromatic carbocycles. The summed E-state index contributed by atoms with van der Waals surface area (Å²) in [6.45, 7) is 5.73. The molecule has 4 unspecified atom stereocenters. The fourth-order valence-corrected chi connectivity index (χ4v) is 6.86. The zero-order chi connectivity index (χ0) is 20.9. The molecule has 3 heterocycles. The van der Waals surface area contributed by atoms with Crippen LogP contribution in [0.15, 0.2) is 18.5 Å². The molecule has 5 aliphatic rings. The second kappa shape index (κ2) is 7.69. The van der Waals surface area contributed by atoms with Crippen molar-refractivity contribution in [3.63, 3.8) is 0 Å². The number of hydrogen-bond acceptors (Lipinski definition) is 6. The first-order valence-corrected chi connectivity index (χ1v) is 12.1. The third kappa shape index (κ3) is 3.12. The maximum absolute atomic E-state index is 11.0. The molecular weight excluding hydrogens is 390 g/mol. The Morgan fingerprint density at radius 1 is 0.774 bits per heavy atom. The second-order valence-electron chi connectivity index (χ2n) is 9.91. The van der Waals surface area contributed by atoms with E-state index in [4.69, 9.17) is 0 Å². The molecule has 4 atom stereocenters. The summed E-state index contributed by atoms with van der Waals surface area (Å²) in [6.07, 6.45) is 10.6. The van der Waals surface area contributed by atoms with Crippen molar-refractivity contribution >= 4 is 5.95 Å². The summed E-state index contributed by atoms with van der Waals surface area (Å²) in [7, 11) is 0. The van der Waals surface area contributed by atoms with Gasteiger partial charge in [0.15, 0.2) is 11.8 Å². The van der Waals surface area contributed by atoms with Crippen molar-refractivity contribution in [2.75, 3.05) is 37.6 Å². The summed E-state index contributed by atoms with van der Waals surface area (Å²) in [4.78, 5) is 13.5.